The fourth-order valence-corrected chi connectivity index (χ4v) is 4.26. The Morgan fingerprint density at radius 3 is 2.52 bits per heavy atom. The summed E-state index contributed by atoms with van der Waals surface area (Å²) >= 11 is 0. The summed E-state index contributed by atoms with van der Waals surface area (Å²) < 4.78 is 5.98. The summed E-state index contributed by atoms with van der Waals surface area (Å²) in [6, 6.07) is 10.7. The van der Waals surface area contributed by atoms with Crippen molar-refractivity contribution < 1.29 is 14.9 Å². The Morgan fingerprint density at radius 2 is 1.84 bits per heavy atom. The average molecular weight is 348 g/mol. The predicted molar refractivity (Wildman–Crippen MR) is 98.3 cm³/mol. The smallest absolute Gasteiger partial charge is 0.109 e. The summed E-state index contributed by atoms with van der Waals surface area (Å²) in [5.41, 5.74) is 1.21. The van der Waals surface area contributed by atoms with Gasteiger partial charge in [0, 0.05) is 19.1 Å². The second-order valence-electron chi connectivity index (χ2n) is 7.52. The molecule has 0 amide bonds. The number of nitrogens with zero attached hydrogens (tertiary/aromatic N) is 1. The first-order valence-electron chi connectivity index (χ1n) is 9.61. The van der Waals surface area contributed by atoms with Gasteiger partial charge in [-0.25, -0.2) is 0 Å². The van der Waals surface area contributed by atoms with Crippen LogP contribution in [0.1, 0.15) is 37.7 Å². The van der Waals surface area contributed by atoms with Crippen molar-refractivity contribution in [1.29, 1.82) is 0 Å². The van der Waals surface area contributed by atoms with Crippen molar-refractivity contribution >= 4 is 0 Å². The van der Waals surface area contributed by atoms with Crippen LogP contribution in [0, 0.1) is 0 Å². The molecule has 1 saturated heterocycles. The first-order chi connectivity index (χ1) is 12.2. The fourth-order valence-electron chi connectivity index (χ4n) is 4.26. The van der Waals surface area contributed by atoms with Gasteiger partial charge in [-0.05, 0) is 25.5 Å². The van der Waals surface area contributed by atoms with Gasteiger partial charge in [0.2, 0.25) is 0 Å². The van der Waals surface area contributed by atoms with Crippen LogP contribution in [0.3, 0.4) is 0 Å². The first kappa shape index (κ1) is 18.8. The number of benzene rings is 1. The molecule has 1 saturated carbocycles. The van der Waals surface area contributed by atoms with E-state index >= 15 is 0 Å². The molecule has 140 valence electrons. The lowest BCUT2D eigenvalue weighted by Gasteiger charge is -2.32. The maximum absolute atomic E-state index is 10.7. The Kier molecular flexibility index (Phi) is 6.84. The molecule has 3 N–H and O–H groups in total. The molecule has 0 bridgehead atoms. The lowest BCUT2D eigenvalue weighted by Crippen LogP contribution is -2.50. The molecule has 0 spiro atoms. The van der Waals surface area contributed by atoms with Gasteiger partial charge in [0.1, 0.15) is 12.2 Å². The van der Waals surface area contributed by atoms with Crippen LogP contribution >= 0.6 is 0 Å². The minimum atomic E-state index is -0.670. The Balaban J connectivity index is 1.62. The molecule has 2 aliphatic rings. The first-order valence-corrected chi connectivity index (χ1v) is 9.61. The summed E-state index contributed by atoms with van der Waals surface area (Å²) in [4.78, 5) is 2.16. The summed E-state index contributed by atoms with van der Waals surface area (Å²) in [5, 5.41) is 23.8. The fraction of sp³-hybridized carbons (Fsp3) is 0.700. The van der Waals surface area contributed by atoms with Crippen molar-refractivity contribution in [1.82, 2.24) is 10.2 Å². The van der Waals surface area contributed by atoms with Gasteiger partial charge in [-0.2, -0.15) is 0 Å². The monoisotopic (exact) mass is 348 g/mol. The third kappa shape index (κ3) is 4.80. The maximum Gasteiger partial charge on any atom is 0.109 e. The highest BCUT2D eigenvalue weighted by atomic mass is 16.5. The van der Waals surface area contributed by atoms with E-state index in [1.54, 1.807) is 0 Å². The molecule has 1 aromatic rings. The molecule has 5 heteroatoms. The van der Waals surface area contributed by atoms with Crippen LogP contribution in [0.2, 0.25) is 0 Å². The lowest BCUT2D eigenvalue weighted by molar-refractivity contribution is -0.0220. The van der Waals surface area contributed by atoms with E-state index in [2.05, 4.69) is 22.3 Å². The number of likely N-dealkylation sites (N-methyl/N-ethyl adjacent to an activating group) is 1. The second kappa shape index (κ2) is 9.10. The topological polar surface area (TPSA) is 65.0 Å². The minimum Gasteiger partial charge on any atom is -0.394 e. The molecule has 1 aliphatic heterocycles. The summed E-state index contributed by atoms with van der Waals surface area (Å²) in [7, 11) is 2.03. The molecule has 25 heavy (non-hydrogen) atoms. The Bertz CT molecular complexity index is 507. The van der Waals surface area contributed by atoms with Crippen LogP contribution in [0.5, 0.6) is 0 Å². The highest BCUT2D eigenvalue weighted by Crippen LogP contribution is 2.27. The van der Waals surface area contributed by atoms with Crippen molar-refractivity contribution in [3.63, 3.8) is 0 Å². The third-order valence-corrected chi connectivity index (χ3v) is 5.64. The minimum absolute atomic E-state index is 0.109. The summed E-state index contributed by atoms with van der Waals surface area (Å²) in [6.07, 6.45) is 5.10. The van der Waals surface area contributed by atoms with Crippen molar-refractivity contribution in [2.24, 2.45) is 0 Å². The van der Waals surface area contributed by atoms with E-state index in [9.17, 15) is 10.2 Å². The zero-order valence-corrected chi connectivity index (χ0v) is 15.2. The van der Waals surface area contributed by atoms with Gasteiger partial charge in [-0.15, -0.1) is 0 Å². The molecule has 1 aliphatic carbocycles. The lowest BCUT2D eigenvalue weighted by atomic mass is 9.95. The van der Waals surface area contributed by atoms with E-state index in [0.717, 1.165) is 13.1 Å². The van der Waals surface area contributed by atoms with Crippen molar-refractivity contribution in [3.05, 3.63) is 35.9 Å². The van der Waals surface area contributed by atoms with E-state index < -0.39 is 12.2 Å². The Morgan fingerprint density at radius 1 is 1.12 bits per heavy atom. The quantitative estimate of drug-likeness (QED) is 0.697. The van der Waals surface area contributed by atoms with E-state index in [-0.39, 0.29) is 18.8 Å². The highest BCUT2D eigenvalue weighted by Gasteiger charge is 2.45. The Labute approximate surface area is 151 Å². The molecule has 3 rings (SSSR count). The number of aliphatic hydroxyl groups is 2. The van der Waals surface area contributed by atoms with E-state index in [0.29, 0.717) is 6.04 Å². The SMILES string of the molecule is CN(Cc1ccccc1)[C@@H]1[C@H](O)[C@H](CO)O[C@@H]1CNC1CCCCC1. The highest BCUT2D eigenvalue weighted by molar-refractivity contribution is 5.15. The summed E-state index contributed by atoms with van der Waals surface area (Å²) in [6.45, 7) is 1.34. The average Bonchev–Trinajstić information content (AvgIpc) is 2.97. The molecule has 0 unspecified atom stereocenters. The third-order valence-electron chi connectivity index (χ3n) is 5.64. The number of hydrogen-bond donors (Lipinski definition) is 3. The summed E-state index contributed by atoms with van der Waals surface area (Å²) in [5.74, 6) is 0. The molecular formula is C20H32N2O3. The molecule has 0 radical (unpaired) electrons. The number of rotatable bonds is 7. The van der Waals surface area contributed by atoms with Gasteiger partial charge in [-0.1, -0.05) is 49.6 Å². The molecule has 4 atom stereocenters. The van der Waals surface area contributed by atoms with Gasteiger partial charge in [0.25, 0.3) is 0 Å². The Hall–Kier alpha value is -0.980. The van der Waals surface area contributed by atoms with E-state index in [1.165, 1.54) is 37.7 Å². The van der Waals surface area contributed by atoms with Crippen LogP contribution in [0.15, 0.2) is 30.3 Å². The van der Waals surface area contributed by atoms with Crippen LogP contribution in [-0.2, 0) is 11.3 Å². The zero-order valence-electron chi connectivity index (χ0n) is 15.2. The maximum atomic E-state index is 10.7. The van der Waals surface area contributed by atoms with Gasteiger partial charge in [-0.3, -0.25) is 4.90 Å². The van der Waals surface area contributed by atoms with Gasteiger partial charge >= 0.3 is 0 Å². The number of aliphatic hydroxyl groups excluding tert-OH is 2. The predicted octanol–water partition coefficient (Wildman–Crippen LogP) is 1.53. The molecule has 0 aromatic heterocycles. The normalized spacial score (nSPS) is 30.9. The van der Waals surface area contributed by atoms with Crippen molar-refractivity contribution in [3.8, 4) is 0 Å². The van der Waals surface area contributed by atoms with E-state index in [4.69, 9.17) is 4.74 Å². The molecular weight excluding hydrogens is 316 g/mol. The van der Waals surface area contributed by atoms with Crippen molar-refractivity contribution in [2.75, 3.05) is 20.2 Å². The standard InChI is InChI=1S/C20H32N2O3/c1-22(13-15-8-4-2-5-9-15)19-17(25-18(14-23)20(19)24)12-21-16-10-6-3-7-11-16/h2,4-5,8-9,16-21,23-24H,3,6-7,10-14H2,1H3/t17-,18+,19+,20-/m1/s1. The van der Waals surface area contributed by atoms with Crippen LogP contribution in [0.4, 0.5) is 0 Å². The van der Waals surface area contributed by atoms with Gasteiger partial charge < -0.3 is 20.3 Å². The second-order valence-corrected chi connectivity index (χ2v) is 7.52. The van der Waals surface area contributed by atoms with Crippen LogP contribution < -0.4 is 5.32 Å². The van der Waals surface area contributed by atoms with Gasteiger partial charge in [0.05, 0.1) is 18.8 Å². The molecule has 2 fully saturated rings. The zero-order chi connectivity index (χ0) is 17.6. The number of ether oxygens (including phenoxy) is 1. The molecule has 5 nitrogen and oxygen atoms in total. The molecule has 1 heterocycles. The molecule has 1 aromatic carbocycles. The van der Waals surface area contributed by atoms with Crippen LogP contribution in [0.25, 0.3) is 0 Å². The largest absolute Gasteiger partial charge is 0.394 e. The number of nitrogens with one attached hydrogen (secondary N) is 1. The number of hydrogen-bond acceptors (Lipinski definition) is 5. The van der Waals surface area contributed by atoms with E-state index in [1.807, 2.05) is 25.2 Å². The van der Waals surface area contributed by atoms with Crippen LogP contribution in [-0.4, -0.2) is 65.7 Å². The van der Waals surface area contributed by atoms with Crippen molar-refractivity contribution in [2.45, 2.75) is 69.0 Å². The van der Waals surface area contributed by atoms with Gasteiger partial charge in [0.15, 0.2) is 0 Å².